The number of methoxy groups -OCH3 is 2. The fourth-order valence-corrected chi connectivity index (χ4v) is 4.25. The molecule has 0 aliphatic rings. The molecule has 0 aliphatic heterocycles. The zero-order valence-electron chi connectivity index (χ0n) is 15.4. The number of ether oxygens (including phenoxy) is 2. The largest absolute Gasteiger partial charge is 0.477 e. The molecule has 2 aromatic rings. The molecular formula is C14H18Cl2N4O6S2. The van der Waals surface area contributed by atoms with E-state index in [9.17, 15) is 16.8 Å². The second-order valence-electron chi connectivity index (χ2n) is 5.63. The maximum Gasteiger partial charge on any atom is 0.278 e. The Morgan fingerprint density at radius 3 is 2.14 bits per heavy atom. The number of anilines is 1. The van der Waals surface area contributed by atoms with Gasteiger partial charge in [-0.3, -0.25) is 4.31 Å². The fourth-order valence-electron chi connectivity index (χ4n) is 2.36. The molecule has 0 radical (unpaired) electrons. The van der Waals surface area contributed by atoms with Crippen LogP contribution in [0.25, 0.3) is 11.0 Å². The van der Waals surface area contributed by atoms with Crippen molar-refractivity contribution in [2.45, 2.75) is 0 Å². The molecule has 0 aliphatic carbocycles. The molecule has 156 valence electrons. The van der Waals surface area contributed by atoms with E-state index in [1.807, 2.05) is 0 Å². The van der Waals surface area contributed by atoms with Gasteiger partial charge in [0.05, 0.1) is 48.0 Å². The van der Waals surface area contributed by atoms with Crippen LogP contribution in [0.2, 0.25) is 10.0 Å². The number of hydrogen-bond acceptors (Lipinski definition) is 8. The van der Waals surface area contributed by atoms with Crippen LogP contribution in [0.4, 0.5) is 5.69 Å². The summed E-state index contributed by atoms with van der Waals surface area (Å²) in [7, 11) is -4.69. The van der Waals surface area contributed by atoms with E-state index in [1.165, 1.54) is 20.3 Å². The van der Waals surface area contributed by atoms with Gasteiger partial charge in [0, 0.05) is 13.1 Å². The van der Waals surface area contributed by atoms with E-state index in [4.69, 9.17) is 32.7 Å². The monoisotopic (exact) mass is 472 g/mol. The molecule has 0 fully saturated rings. The SMILES string of the molecule is COc1nc2cc(Cl)c(Cl)c(N(CCNS(C)(=O)=O)S(C)(=O)=O)c2nc1OC. The third kappa shape index (κ3) is 5.06. The molecule has 0 spiro atoms. The third-order valence-corrected chi connectivity index (χ3v) is 6.15. The molecule has 0 amide bonds. The number of nitrogens with one attached hydrogen (secondary N) is 1. The summed E-state index contributed by atoms with van der Waals surface area (Å²) in [5.74, 6) is 0.0846. The minimum Gasteiger partial charge on any atom is -0.477 e. The Hall–Kier alpha value is -1.60. The Morgan fingerprint density at radius 1 is 1.07 bits per heavy atom. The number of rotatable bonds is 8. The Labute approximate surface area is 172 Å². The second-order valence-corrected chi connectivity index (χ2v) is 10.2. The van der Waals surface area contributed by atoms with Gasteiger partial charge in [0.1, 0.15) is 5.52 Å². The standard InChI is InChI=1S/C14H18Cl2N4O6S2/c1-25-13-14(26-2)19-11-9(18-13)7-8(15)10(16)12(11)20(28(4,23)24)6-5-17-27(3,21)22/h7,17H,5-6H2,1-4H3. The first-order valence-electron chi connectivity index (χ1n) is 7.59. The van der Waals surface area contributed by atoms with Crippen LogP contribution < -0.4 is 18.5 Å². The molecule has 28 heavy (non-hydrogen) atoms. The van der Waals surface area contributed by atoms with Crippen molar-refractivity contribution in [3.63, 3.8) is 0 Å². The van der Waals surface area contributed by atoms with Gasteiger partial charge in [-0.25, -0.2) is 31.5 Å². The van der Waals surface area contributed by atoms with Crippen molar-refractivity contribution in [2.24, 2.45) is 0 Å². The summed E-state index contributed by atoms with van der Waals surface area (Å²) >= 11 is 12.5. The summed E-state index contributed by atoms with van der Waals surface area (Å²) < 4.78 is 60.8. The van der Waals surface area contributed by atoms with E-state index in [-0.39, 0.29) is 51.6 Å². The summed E-state index contributed by atoms with van der Waals surface area (Å²) in [5.41, 5.74) is 0.263. The highest BCUT2D eigenvalue weighted by Crippen LogP contribution is 2.41. The van der Waals surface area contributed by atoms with E-state index >= 15 is 0 Å². The number of sulfonamides is 2. The van der Waals surface area contributed by atoms with Gasteiger partial charge in [-0.1, -0.05) is 23.2 Å². The first-order chi connectivity index (χ1) is 12.9. The lowest BCUT2D eigenvalue weighted by molar-refractivity contribution is 0.334. The first-order valence-corrected chi connectivity index (χ1v) is 12.1. The highest BCUT2D eigenvalue weighted by Gasteiger charge is 2.27. The van der Waals surface area contributed by atoms with Crippen LogP contribution in [0.15, 0.2) is 6.07 Å². The molecule has 0 unspecified atom stereocenters. The van der Waals surface area contributed by atoms with Crippen molar-refractivity contribution in [1.29, 1.82) is 0 Å². The summed E-state index contributed by atoms with van der Waals surface area (Å²) in [6, 6.07) is 1.41. The third-order valence-electron chi connectivity index (χ3n) is 3.48. The highest BCUT2D eigenvalue weighted by molar-refractivity contribution is 7.92. The lowest BCUT2D eigenvalue weighted by Crippen LogP contribution is -2.38. The molecule has 2 rings (SSSR count). The second kappa shape index (κ2) is 8.41. The van der Waals surface area contributed by atoms with E-state index in [1.54, 1.807) is 0 Å². The number of aromatic nitrogens is 2. The zero-order valence-corrected chi connectivity index (χ0v) is 18.5. The molecule has 0 bridgehead atoms. The fraction of sp³-hybridized carbons (Fsp3) is 0.429. The number of hydrogen-bond donors (Lipinski definition) is 1. The van der Waals surface area contributed by atoms with Crippen LogP contribution in [0, 0.1) is 0 Å². The summed E-state index contributed by atoms with van der Waals surface area (Å²) in [5, 5.41) is -0.0455. The maximum atomic E-state index is 12.4. The summed E-state index contributed by atoms with van der Waals surface area (Å²) in [4.78, 5) is 8.49. The van der Waals surface area contributed by atoms with Gasteiger partial charge in [0.2, 0.25) is 20.0 Å². The average Bonchev–Trinajstić information content (AvgIpc) is 2.58. The van der Waals surface area contributed by atoms with Crippen LogP contribution in [0.1, 0.15) is 0 Å². The van der Waals surface area contributed by atoms with Crippen molar-refractivity contribution in [3.05, 3.63) is 16.1 Å². The predicted molar refractivity (Wildman–Crippen MR) is 108 cm³/mol. The Kier molecular flexibility index (Phi) is 6.82. The maximum absolute atomic E-state index is 12.4. The van der Waals surface area contributed by atoms with Crippen LogP contribution in [0.5, 0.6) is 11.8 Å². The molecule has 1 aromatic carbocycles. The topological polar surface area (TPSA) is 128 Å². The molecule has 14 heteroatoms. The van der Waals surface area contributed by atoms with E-state index < -0.39 is 20.0 Å². The van der Waals surface area contributed by atoms with E-state index in [2.05, 4.69) is 14.7 Å². The minimum absolute atomic E-state index is 0.0114. The molecule has 0 saturated heterocycles. The molecule has 1 heterocycles. The number of fused-ring (bicyclic) bond motifs is 1. The van der Waals surface area contributed by atoms with E-state index in [0.29, 0.717) is 0 Å². The zero-order chi connectivity index (χ0) is 21.3. The van der Waals surface area contributed by atoms with Gasteiger partial charge in [-0.05, 0) is 6.07 Å². The molecule has 1 aromatic heterocycles. The molecule has 0 atom stereocenters. The minimum atomic E-state index is -3.89. The Bertz CT molecular complexity index is 1110. The summed E-state index contributed by atoms with van der Waals surface area (Å²) in [6.07, 6.45) is 1.91. The Balaban J connectivity index is 2.73. The first kappa shape index (κ1) is 22.7. The van der Waals surface area contributed by atoms with Gasteiger partial charge >= 0.3 is 0 Å². The van der Waals surface area contributed by atoms with Crippen LogP contribution in [-0.4, -0.2) is 66.6 Å². The molecule has 0 saturated carbocycles. The number of benzene rings is 1. The lowest BCUT2D eigenvalue weighted by Gasteiger charge is -2.25. The van der Waals surface area contributed by atoms with Gasteiger partial charge < -0.3 is 9.47 Å². The van der Waals surface area contributed by atoms with Crippen molar-refractivity contribution in [3.8, 4) is 11.8 Å². The molecular weight excluding hydrogens is 455 g/mol. The van der Waals surface area contributed by atoms with Crippen molar-refractivity contribution in [2.75, 3.05) is 44.1 Å². The van der Waals surface area contributed by atoms with Gasteiger partial charge in [0.15, 0.2) is 0 Å². The van der Waals surface area contributed by atoms with E-state index in [0.717, 1.165) is 16.8 Å². The van der Waals surface area contributed by atoms with Crippen molar-refractivity contribution >= 4 is 60.0 Å². The quantitative estimate of drug-likeness (QED) is 0.607. The van der Waals surface area contributed by atoms with Crippen LogP contribution >= 0.6 is 23.2 Å². The van der Waals surface area contributed by atoms with Gasteiger partial charge in [-0.2, -0.15) is 0 Å². The van der Waals surface area contributed by atoms with Gasteiger partial charge in [-0.15, -0.1) is 0 Å². The van der Waals surface area contributed by atoms with Crippen molar-refractivity contribution in [1.82, 2.24) is 14.7 Å². The predicted octanol–water partition coefficient (Wildman–Crippen LogP) is 1.27. The lowest BCUT2D eigenvalue weighted by atomic mass is 10.2. The smallest absolute Gasteiger partial charge is 0.278 e. The summed E-state index contributed by atoms with van der Waals surface area (Å²) in [6.45, 7) is -0.450. The highest BCUT2D eigenvalue weighted by atomic mass is 35.5. The Morgan fingerprint density at radius 2 is 1.64 bits per heavy atom. The molecule has 1 N–H and O–H groups in total. The number of halogens is 2. The van der Waals surface area contributed by atoms with Crippen molar-refractivity contribution < 1.29 is 26.3 Å². The van der Waals surface area contributed by atoms with Crippen LogP contribution in [0.3, 0.4) is 0 Å². The number of nitrogens with zero attached hydrogens (tertiary/aromatic N) is 3. The van der Waals surface area contributed by atoms with Crippen LogP contribution in [-0.2, 0) is 20.0 Å². The molecule has 10 nitrogen and oxygen atoms in total. The normalized spacial score (nSPS) is 12.2. The average molecular weight is 473 g/mol. The van der Waals surface area contributed by atoms with Gasteiger partial charge in [0.25, 0.3) is 11.8 Å².